The predicted molar refractivity (Wildman–Crippen MR) is 121 cm³/mol. The summed E-state index contributed by atoms with van der Waals surface area (Å²) in [7, 11) is 0. The van der Waals surface area contributed by atoms with Gasteiger partial charge in [0.1, 0.15) is 11.6 Å². The van der Waals surface area contributed by atoms with Crippen molar-refractivity contribution >= 4 is 22.4 Å². The molecule has 0 aliphatic rings. The third-order valence-corrected chi connectivity index (χ3v) is 5.24. The molecule has 160 valence electrons. The van der Waals surface area contributed by atoms with Crippen LogP contribution in [0.2, 0.25) is 0 Å². The molecule has 30 heavy (non-hydrogen) atoms. The second-order valence-electron chi connectivity index (χ2n) is 7.49. The second kappa shape index (κ2) is 10.8. The molecule has 1 unspecified atom stereocenters. The minimum atomic E-state index is -0.293. The van der Waals surface area contributed by atoms with Crippen LogP contribution in [0.4, 0.5) is 15.9 Å². The van der Waals surface area contributed by atoms with Crippen LogP contribution in [0.5, 0.6) is 0 Å². The molecule has 0 aliphatic heterocycles. The molecule has 6 nitrogen and oxygen atoms in total. The Bertz CT molecular complexity index is 927. The van der Waals surface area contributed by atoms with Crippen molar-refractivity contribution in [2.24, 2.45) is 0 Å². The lowest BCUT2D eigenvalue weighted by atomic mass is 10.1. The number of pyridine rings is 1. The molecule has 3 rings (SSSR count). The molecule has 1 atom stereocenters. The van der Waals surface area contributed by atoms with Crippen LogP contribution >= 0.6 is 0 Å². The minimum absolute atomic E-state index is 0.293. The number of nitrogens with zero attached hydrogens (tertiary/aromatic N) is 4. The second-order valence-corrected chi connectivity index (χ2v) is 7.49. The van der Waals surface area contributed by atoms with Crippen molar-refractivity contribution < 1.29 is 4.39 Å². The first kappa shape index (κ1) is 21.9. The lowest BCUT2D eigenvalue weighted by Crippen LogP contribution is -2.25. The number of nitrogens with one attached hydrogen (secondary N) is 2. The van der Waals surface area contributed by atoms with Gasteiger partial charge in [0.2, 0.25) is 0 Å². The first-order valence-corrected chi connectivity index (χ1v) is 10.7. The van der Waals surface area contributed by atoms with E-state index in [4.69, 9.17) is 0 Å². The van der Waals surface area contributed by atoms with E-state index in [0.717, 1.165) is 54.9 Å². The van der Waals surface area contributed by atoms with Crippen LogP contribution in [0.1, 0.15) is 39.3 Å². The summed E-state index contributed by atoms with van der Waals surface area (Å²) >= 11 is 0. The molecule has 2 aromatic heterocycles. The van der Waals surface area contributed by atoms with Gasteiger partial charge in [-0.05, 0) is 57.6 Å². The Morgan fingerprint density at radius 1 is 1.10 bits per heavy atom. The van der Waals surface area contributed by atoms with Gasteiger partial charge < -0.3 is 15.5 Å². The lowest BCUT2D eigenvalue weighted by Gasteiger charge is -2.20. The highest BCUT2D eigenvalue weighted by atomic mass is 19.1. The maximum atomic E-state index is 13.9. The average Bonchev–Trinajstić information content (AvgIpc) is 2.76. The highest BCUT2D eigenvalue weighted by molar-refractivity contribution is 5.90. The Balaban J connectivity index is 1.51. The van der Waals surface area contributed by atoms with E-state index in [1.807, 2.05) is 6.07 Å². The molecule has 0 fully saturated rings. The molecule has 0 saturated carbocycles. The van der Waals surface area contributed by atoms with Gasteiger partial charge in [-0.3, -0.25) is 9.97 Å². The molecule has 1 aromatic carbocycles. The number of hydrogen-bond donors (Lipinski definition) is 2. The summed E-state index contributed by atoms with van der Waals surface area (Å²) in [5, 5.41) is 7.40. The maximum absolute atomic E-state index is 13.9. The van der Waals surface area contributed by atoms with Crippen molar-refractivity contribution in [2.75, 3.05) is 30.3 Å². The number of fused-ring (bicyclic) bond motifs is 1. The van der Waals surface area contributed by atoms with Gasteiger partial charge in [-0.1, -0.05) is 19.9 Å². The van der Waals surface area contributed by atoms with Gasteiger partial charge >= 0.3 is 0 Å². The SMILES string of the molecule is CCN(CC)CCCC(C)Nc1cnc(CNc2cc(F)cc3cccnc23)cn1. The number of hydrogen-bond acceptors (Lipinski definition) is 6. The van der Waals surface area contributed by atoms with Gasteiger partial charge in [-0.25, -0.2) is 9.37 Å². The zero-order chi connectivity index (χ0) is 21.3. The van der Waals surface area contributed by atoms with Crippen molar-refractivity contribution in [3.05, 3.63) is 54.4 Å². The molecule has 7 heteroatoms. The summed E-state index contributed by atoms with van der Waals surface area (Å²) in [5.74, 6) is 0.477. The summed E-state index contributed by atoms with van der Waals surface area (Å²) < 4.78 is 13.9. The highest BCUT2D eigenvalue weighted by Gasteiger charge is 2.08. The summed E-state index contributed by atoms with van der Waals surface area (Å²) in [6.07, 6.45) is 7.43. The zero-order valence-electron chi connectivity index (χ0n) is 18.0. The van der Waals surface area contributed by atoms with Crippen LogP contribution in [-0.4, -0.2) is 45.5 Å². The fraction of sp³-hybridized carbons (Fsp3) is 0.435. The summed E-state index contributed by atoms with van der Waals surface area (Å²) in [6.45, 7) is 10.3. The minimum Gasteiger partial charge on any atom is -0.377 e. The monoisotopic (exact) mass is 410 g/mol. The number of halogens is 1. The van der Waals surface area contributed by atoms with Crippen LogP contribution in [0.25, 0.3) is 10.9 Å². The third-order valence-electron chi connectivity index (χ3n) is 5.24. The predicted octanol–water partition coefficient (Wildman–Crippen LogP) is 4.70. The Morgan fingerprint density at radius 2 is 1.93 bits per heavy atom. The molecule has 0 spiro atoms. The van der Waals surface area contributed by atoms with E-state index < -0.39 is 0 Å². The summed E-state index contributed by atoms with van der Waals surface area (Å²) in [5.41, 5.74) is 2.17. The van der Waals surface area contributed by atoms with E-state index in [9.17, 15) is 4.39 Å². The standard InChI is InChI=1S/C23H31FN6/c1-4-30(5-2)11-7-8-17(3)29-22-16-26-20(15-28-22)14-27-21-13-19(24)12-18-9-6-10-25-23(18)21/h6,9-10,12-13,15-17,27H,4-5,7-8,11,14H2,1-3H3,(H,28,29). The normalized spacial score (nSPS) is 12.3. The van der Waals surface area contributed by atoms with Gasteiger partial charge in [0, 0.05) is 17.6 Å². The summed E-state index contributed by atoms with van der Waals surface area (Å²) in [6, 6.07) is 6.92. The zero-order valence-corrected chi connectivity index (χ0v) is 18.0. The molecule has 0 saturated heterocycles. The Labute approximate surface area is 178 Å². The van der Waals surface area contributed by atoms with Crippen molar-refractivity contribution in [2.45, 2.75) is 46.2 Å². The molecule has 3 aromatic rings. The summed E-state index contributed by atoms with van der Waals surface area (Å²) in [4.78, 5) is 15.7. The van der Waals surface area contributed by atoms with Crippen molar-refractivity contribution in [1.82, 2.24) is 19.9 Å². The smallest absolute Gasteiger partial charge is 0.144 e. The first-order chi connectivity index (χ1) is 14.6. The molecule has 0 bridgehead atoms. The Hall–Kier alpha value is -2.80. The Morgan fingerprint density at radius 3 is 2.67 bits per heavy atom. The lowest BCUT2D eigenvalue weighted by molar-refractivity contribution is 0.295. The van der Waals surface area contributed by atoms with Crippen LogP contribution < -0.4 is 10.6 Å². The topological polar surface area (TPSA) is 66.0 Å². The molecule has 0 radical (unpaired) electrons. The molecular weight excluding hydrogens is 379 g/mol. The van der Waals surface area contributed by atoms with E-state index >= 15 is 0 Å². The van der Waals surface area contributed by atoms with Gasteiger partial charge in [-0.2, -0.15) is 0 Å². The van der Waals surface area contributed by atoms with E-state index in [1.165, 1.54) is 12.1 Å². The van der Waals surface area contributed by atoms with Gasteiger partial charge in [0.15, 0.2) is 0 Å². The van der Waals surface area contributed by atoms with E-state index in [1.54, 1.807) is 24.7 Å². The molecule has 2 N–H and O–H groups in total. The van der Waals surface area contributed by atoms with Crippen molar-refractivity contribution in [3.63, 3.8) is 0 Å². The van der Waals surface area contributed by atoms with Crippen LogP contribution in [0, 0.1) is 5.82 Å². The fourth-order valence-electron chi connectivity index (χ4n) is 3.48. The van der Waals surface area contributed by atoms with Crippen LogP contribution in [0.15, 0.2) is 42.9 Å². The molecular formula is C23H31FN6. The molecule has 0 amide bonds. The number of anilines is 2. The Kier molecular flexibility index (Phi) is 7.90. The van der Waals surface area contributed by atoms with Crippen molar-refractivity contribution in [3.8, 4) is 0 Å². The van der Waals surface area contributed by atoms with Crippen molar-refractivity contribution in [1.29, 1.82) is 0 Å². The first-order valence-electron chi connectivity index (χ1n) is 10.7. The average molecular weight is 411 g/mol. The van der Waals surface area contributed by atoms with Crippen LogP contribution in [0.3, 0.4) is 0 Å². The van der Waals surface area contributed by atoms with E-state index in [-0.39, 0.29) is 5.82 Å². The number of aromatic nitrogens is 3. The maximum Gasteiger partial charge on any atom is 0.144 e. The number of benzene rings is 1. The largest absolute Gasteiger partial charge is 0.377 e. The van der Waals surface area contributed by atoms with E-state index in [0.29, 0.717) is 18.3 Å². The molecule has 2 heterocycles. The van der Waals surface area contributed by atoms with E-state index in [2.05, 4.69) is 51.3 Å². The van der Waals surface area contributed by atoms with Gasteiger partial charge in [0.05, 0.1) is 35.8 Å². The quantitative estimate of drug-likeness (QED) is 0.478. The van der Waals surface area contributed by atoms with Gasteiger partial charge in [-0.15, -0.1) is 0 Å². The molecule has 0 aliphatic carbocycles. The number of rotatable bonds is 11. The highest BCUT2D eigenvalue weighted by Crippen LogP contribution is 2.23. The van der Waals surface area contributed by atoms with Crippen LogP contribution in [-0.2, 0) is 6.54 Å². The fourth-order valence-corrected chi connectivity index (χ4v) is 3.48. The van der Waals surface area contributed by atoms with Gasteiger partial charge in [0.25, 0.3) is 0 Å². The third kappa shape index (κ3) is 6.10.